The molecule has 1 amide bonds. The van der Waals surface area contributed by atoms with E-state index in [-0.39, 0.29) is 11.0 Å². The Balaban J connectivity index is 2.22. The molecule has 0 spiro atoms. The van der Waals surface area contributed by atoms with Gasteiger partial charge in [-0.05, 0) is 30.4 Å². The van der Waals surface area contributed by atoms with Crippen molar-refractivity contribution < 1.29 is 4.79 Å². The molecule has 0 aliphatic rings. The lowest BCUT2D eigenvalue weighted by molar-refractivity contribution is -0.114. The summed E-state index contributed by atoms with van der Waals surface area (Å²) in [7, 11) is 0. The highest BCUT2D eigenvalue weighted by Gasteiger charge is 2.05. The summed E-state index contributed by atoms with van der Waals surface area (Å²) in [5.41, 5.74) is 12.3. The molecule has 0 bridgehead atoms. The zero-order valence-corrected chi connectivity index (χ0v) is 11.1. The van der Waals surface area contributed by atoms with Gasteiger partial charge in [0.15, 0.2) is 5.11 Å². The number of carbonyl (C=O) groups excluding carboxylic acids is 1. The van der Waals surface area contributed by atoms with E-state index in [4.69, 9.17) is 5.73 Å². The number of fused-ring (bicyclic) bond motifs is 1. The molecule has 94 valence electrons. The topological polar surface area (TPSA) is 92.1 Å². The van der Waals surface area contributed by atoms with Gasteiger partial charge in [-0.25, -0.2) is 4.98 Å². The second kappa shape index (κ2) is 5.15. The van der Waals surface area contributed by atoms with Gasteiger partial charge in [0.2, 0.25) is 11.0 Å². The van der Waals surface area contributed by atoms with Crippen LogP contribution in [0.4, 0.5) is 10.8 Å². The number of nitrogens with two attached hydrogens (primary N) is 1. The van der Waals surface area contributed by atoms with Crippen LogP contribution in [0.15, 0.2) is 18.2 Å². The molecule has 0 aliphatic heterocycles. The maximum atomic E-state index is 11.0. The number of amides is 1. The molecule has 18 heavy (non-hydrogen) atoms. The molecule has 0 aliphatic carbocycles. The van der Waals surface area contributed by atoms with Crippen molar-refractivity contribution in [1.82, 2.24) is 10.4 Å². The van der Waals surface area contributed by atoms with Crippen LogP contribution in [0.25, 0.3) is 10.2 Å². The Hall–Kier alpha value is -1.93. The first-order chi connectivity index (χ1) is 8.54. The van der Waals surface area contributed by atoms with Gasteiger partial charge in [0.25, 0.3) is 0 Å². The number of hydrazine groups is 1. The van der Waals surface area contributed by atoms with Crippen LogP contribution in [0.1, 0.15) is 6.92 Å². The number of carbonyl (C=O) groups is 1. The number of anilines is 2. The Kier molecular flexibility index (Phi) is 3.58. The van der Waals surface area contributed by atoms with E-state index in [0.29, 0.717) is 5.13 Å². The van der Waals surface area contributed by atoms with Gasteiger partial charge in [-0.15, -0.1) is 0 Å². The van der Waals surface area contributed by atoms with Crippen molar-refractivity contribution in [3.8, 4) is 0 Å². The molecule has 1 aromatic carbocycles. The monoisotopic (exact) mass is 281 g/mol. The highest BCUT2D eigenvalue weighted by molar-refractivity contribution is 7.80. The maximum absolute atomic E-state index is 11.0. The fraction of sp³-hybridized carbons (Fsp3) is 0.100. The van der Waals surface area contributed by atoms with E-state index < -0.39 is 0 Å². The van der Waals surface area contributed by atoms with E-state index in [0.717, 1.165) is 15.9 Å². The minimum Gasteiger partial charge on any atom is -0.375 e. The Morgan fingerprint density at radius 2 is 2.28 bits per heavy atom. The third-order valence-electron chi connectivity index (χ3n) is 2.00. The third kappa shape index (κ3) is 3.05. The maximum Gasteiger partial charge on any atom is 0.221 e. The minimum absolute atomic E-state index is 0.104. The van der Waals surface area contributed by atoms with Gasteiger partial charge in [0, 0.05) is 12.6 Å². The molecule has 0 radical (unpaired) electrons. The standard InChI is InChI=1S/C10H11N5OS2/c1-5(16)12-6-2-3-7-8(4-6)18-10(13-7)15-14-9(11)17/h2-4H,1H3,(H,12,16)(H,13,15)(H3,11,14,17). The lowest BCUT2D eigenvalue weighted by atomic mass is 10.3. The van der Waals surface area contributed by atoms with Crippen molar-refractivity contribution in [3.63, 3.8) is 0 Å². The molecule has 2 aromatic rings. The third-order valence-corrected chi connectivity index (χ3v) is 3.04. The van der Waals surface area contributed by atoms with Gasteiger partial charge in [0.05, 0.1) is 10.2 Å². The molecular weight excluding hydrogens is 270 g/mol. The zero-order valence-electron chi connectivity index (χ0n) is 9.48. The molecule has 6 nitrogen and oxygen atoms in total. The van der Waals surface area contributed by atoms with Crippen LogP contribution in [0, 0.1) is 0 Å². The first kappa shape index (κ1) is 12.5. The molecular formula is C10H11N5OS2. The Labute approximate surface area is 113 Å². The number of hydrogen-bond donors (Lipinski definition) is 4. The zero-order chi connectivity index (χ0) is 13.1. The van der Waals surface area contributed by atoms with Gasteiger partial charge in [-0.3, -0.25) is 15.6 Å². The van der Waals surface area contributed by atoms with Crippen LogP contribution in [0.5, 0.6) is 0 Å². The van der Waals surface area contributed by atoms with E-state index in [1.54, 1.807) is 6.07 Å². The van der Waals surface area contributed by atoms with Gasteiger partial charge in [-0.2, -0.15) is 0 Å². The minimum atomic E-state index is -0.104. The van der Waals surface area contributed by atoms with Gasteiger partial charge >= 0.3 is 0 Å². The summed E-state index contributed by atoms with van der Waals surface area (Å²) in [6.07, 6.45) is 0. The van der Waals surface area contributed by atoms with Crippen LogP contribution in [-0.2, 0) is 4.79 Å². The van der Waals surface area contributed by atoms with Gasteiger partial charge in [0.1, 0.15) is 0 Å². The largest absolute Gasteiger partial charge is 0.375 e. The first-order valence-electron chi connectivity index (χ1n) is 5.04. The normalized spacial score (nSPS) is 10.1. The van der Waals surface area contributed by atoms with E-state index in [1.807, 2.05) is 12.1 Å². The summed E-state index contributed by atoms with van der Waals surface area (Å²) in [6, 6.07) is 5.50. The Bertz CT molecular complexity index is 609. The van der Waals surface area contributed by atoms with Crippen molar-refractivity contribution in [1.29, 1.82) is 0 Å². The number of thiazole rings is 1. The summed E-state index contributed by atoms with van der Waals surface area (Å²) >= 11 is 6.11. The Morgan fingerprint density at radius 1 is 1.50 bits per heavy atom. The number of rotatable bonds is 3. The van der Waals surface area contributed by atoms with Crippen LogP contribution < -0.4 is 21.9 Å². The second-order valence-corrected chi connectivity index (χ2v) is 4.97. The van der Waals surface area contributed by atoms with Crippen molar-refractivity contribution in [3.05, 3.63) is 18.2 Å². The van der Waals surface area contributed by atoms with Crippen LogP contribution in [0.2, 0.25) is 0 Å². The highest BCUT2D eigenvalue weighted by atomic mass is 32.1. The molecule has 0 saturated heterocycles. The smallest absolute Gasteiger partial charge is 0.221 e. The molecule has 8 heteroatoms. The lowest BCUT2D eigenvalue weighted by Crippen LogP contribution is -2.33. The van der Waals surface area contributed by atoms with Crippen molar-refractivity contribution in [2.24, 2.45) is 5.73 Å². The molecule has 1 aromatic heterocycles. The van der Waals surface area contributed by atoms with Gasteiger partial charge < -0.3 is 11.1 Å². The summed E-state index contributed by atoms with van der Waals surface area (Å²) in [4.78, 5) is 15.3. The quantitative estimate of drug-likeness (QED) is 0.502. The van der Waals surface area contributed by atoms with Crippen LogP contribution in [0.3, 0.4) is 0 Å². The number of hydrogen-bond acceptors (Lipinski definition) is 5. The van der Waals surface area contributed by atoms with E-state index in [1.165, 1.54) is 18.3 Å². The number of nitrogens with zero attached hydrogens (tertiary/aromatic N) is 1. The lowest BCUT2D eigenvalue weighted by Gasteiger charge is -2.01. The number of thiocarbonyl (C=S) groups is 1. The van der Waals surface area contributed by atoms with Crippen LogP contribution >= 0.6 is 23.6 Å². The summed E-state index contributed by atoms with van der Waals surface area (Å²) < 4.78 is 0.952. The SMILES string of the molecule is CC(=O)Nc1ccc2nc(NNC(N)=S)sc2c1. The predicted octanol–water partition coefficient (Wildman–Crippen LogP) is 1.41. The van der Waals surface area contributed by atoms with Crippen LogP contribution in [-0.4, -0.2) is 16.0 Å². The highest BCUT2D eigenvalue weighted by Crippen LogP contribution is 2.27. The predicted molar refractivity (Wildman–Crippen MR) is 77.5 cm³/mol. The van der Waals surface area contributed by atoms with E-state index >= 15 is 0 Å². The van der Waals surface area contributed by atoms with Crippen molar-refractivity contribution in [2.75, 3.05) is 10.7 Å². The Morgan fingerprint density at radius 3 is 2.94 bits per heavy atom. The van der Waals surface area contributed by atoms with Crippen molar-refractivity contribution in [2.45, 2.75) is 6.92 Å². The van der Waals surface area contributed by atoms with Gasteiger partial charge in [-0.1, -0.05) is 11.3 Å². The summed E-state index contributed by atoms with van der Waals surface area (Å²) in [5, 5.41) is 3.52. The number of nitrogens with one attached hydrogen (secondary N) is 3. The first-order valence-corrected chi connectivity index (χ1v) is 6.27. The molecule has 0 atom stereocenters. The number of aromatic nitrogens is 1. The molecule has 0 unspecified atom stereocenters. The fourth-order valence-corrected chi connectivity index (χ4v) is 2.28. The second-order valence-electron chi connectivity index (χ2n) is 3.50. The van der Waals surface area contributed by atoms with Crippen molar-refractivity contribution >= 4 is 55.6 Å². The van der Waals surface area contributed by atoms with E-state index in [2.05, 4.69) is 33.4 Å². The molecule has 0 fully saturated rings. The summed E-state index contributed by atoms with van der Waals surface area (Å²) in [5.74, 6) is -0.104. The average Bonchev–Trinajstić information content (AvgIpc) is 2.67. The fourth-order valence-electron chi connectivity index (χ4n) is 1.37. The molecule has 5 N–H and O–H groups in total. The van der Waals surface area contributed by atoms with E-state index in [9.17, 15) is 4.79 Å². The number of benzene rings is 1. The average molecular weight is 281 g/mol. The summed E-state index contributed by atoms with van der Waals surface area (Å²) in [6.45, 7) is 1.47. The molecule has 2 rings (SSSR count). The molecule has 1 heterocycles. The molecule has 0 saturated carbocycles.